The number of hydrogen-bond donors (Lipinski definition) is 1. The Kier molecular flexibility index (Phi) is 6.37. The second kappa shape index (κ2) is 7.29. The maximum atomic E-state index is 3.66. The molecule has 1 rings (SSSR count). The molecule has 0 aromatic carbocycles. The molecule has 0 aromatic heterocycles. The molecule has 1 N–H and O–H groups in total. The second-order valence-electron chi connectivity index (χ2n) is 5.61. The van der Waals surface area contributed by atoms with E-state index in [1.165, 1.54) is 45.3 Å². The summed E-state index contributed by atoms with van der Waals surface area (Å²) in [5.74, 6) is 0.852. The van der Waals surface area contributed by atoms with Crippen molar-refractivity contribution in [3.05, 3.63) is 0 Å². The Morgan fingerprint density at radius 1 is 1.25 bits per heavy atom. The Morgan fingerprint density at radius 2 is 2.00 bits per heavy atom. The first-order valence-electron chi connectivity index (χ1n) is 7.14. The van der Waals surface area contributed by atoms with Gasteiger partial charge in [0.2, 0.25) is 0 Å². The van der Waals surface area contributed by atoms with Crippen LogP contribution in [0.2, 0.25) is 0 Å². The van der Waals surface area contributed by atoms with E-state index in [0.29, 0.717) is 0 Å². The molecular weight excluding hydrogens is 196 g/mol. The van der Waals surface area contributed by atoms with Gasteiger partial charge in [-0.2, -0.15) is 0 Å². The van der Waals surface area contributed by atoms with Crippen molar-refractivity contribution in [3.8, 4) is 0 Å². The highest BCUT2D eigenvalue weighted by atomic mass is 15.2. The van der Waals surface area contributed by atoms with E-state index in [1.807, 2.05) is 0 Å². The van der Waals surface area contributed by atoms with E-state index in [-0.39, 0.29) is 0 Å². The maximum absolute atomic E-state index is 3.66. The zero-order valence-electron chi connectivity index (χ0n) is 11.6. The van der Waals surface area contributed by atoms with Crippen molar-refractivity contribution in [2.24, 2.45) is 5.92 Å². The van der Waals surface area contributed by atoms with E-state index in [4.69, 9.17) is 0 Å². The van der Waals surface area contributed by atoms with Gasteiger partial charge < -0.3 is 5.32 Å². The normalized spacial score (nSPS) is 27.6. The molecule has 1 saturated heterocycles. The minimum Gasteiger partial charge on any atom is -0.311 e. The lowest BCUT2D eigenvalue weighted by Crippen LogP contribution is -2.56. The Hall–Kier alpha value is -0.0800. The summed E-state index contributed by atoms with van der Waals surface area (Å²) in [5.41, 5.74) is 0. The van der Waals surface area contributed by atoms with Crippen LogP contribution in [-0.4, -0.2) is 36.6 Å². The van der Waals surface area contributed by atoms with Crippen molar-refractivity contribution in [2.45, 2.75) is 65.5 Å². The van der Waals surface area contributed by atoms with Crippen molar-refractivity contribution in [1.29, 1.82) is 0 Å². The Labute approximate surface area is 102 Å². The number of nitrogens with zero attached hydrogens (tertiary/aromatic N) is 1. The molecule has 2 heteroatoms. The van der Waals surface area contributed by atoms with Gasteiger partial charge in [-0.1, -0.05) is 27.7 Å². The number of hydrogen-bond acceptors (Lipinski definition) is 2. The molecule has 2 unspecified atom stereocenters. The number of rotatable bonds is 6. The Balaban J connectivity index is 2.33. The van der Waals surface area contributed by atoms with E-state index in [9.17, 15) is 0 Å². The van der Waals surface area contributed by atoms with Crippen LogP contribution in [0.4, 0.5) is 0 Å². The molecule has 0 aromatic rings. The van der Waals surface area contributed by atoms with Gasteiger partial charge in [0.05, 0.1) is 0 Å². The molecule has 0 spiro atoms. The fourth-order valence-corrected chi connectivity index (χ4v) is 2.58. The van der Waals surface area contributed by atoms with Gasteiger partial charge in [0.25, 0.3) is 0 Å². The Morgan fingerprint density at radius 3 is 2.56 bits per heavy atom. The van der Waals surface area contributed by atoms with Gasteiger partial charge in [0.1, 0.15) is 0 Å². The highest BCUT2D eigenvalue weighted by molar-refractivity contribution is 4.84. The van der Waals surface area contributed by atoms with Crippen molar-refractivity contribution in [3.63, 3.8) is 0 Å². The van der Waals surface area contributed by atoms with Crippen LogP contribution in [0.3, 0.4) is 0 Å². The fourth-order valence-electron chi connectivity index (χ4n) is 2.58. The zero-order chi connectivity index (χ0) is 12.0. The van der Waals surface area contributed by atoms with Crippen LogP contribution in [0.15, 0.2) is 0 Å². The fraction of sp³-hybridized carbons (Fsp3) is 1.00. The summed E-state index contributed by atoms with van der Waals surface area (Å²) in [7, 11) is 0. The van der Waals surface area contributed by atoms with E-state index >= 15 is 0 Å². The van der Waals surface area contributed by atoms with Gasteiger partial charge in [-0.3, -0.25) is 4.90 Å². The molecule has 0 bridgehead atoms. The number of piperazine rings is 1. The van der Waals surface area contributed by atoms with Gasteiger partial charge in [-0.05, 0) is 38.1 Å². The lowest BCUT2D eigenvalue weighted by Gasteiger charge is -2.40. The molecule has 16 heavy (non-hydrogen) atoms. The maximum Gasteiger partial charge on any atom is 0.0218 e. The summed E-state index contributed by atoms with van der Waals surface area (Å²) in [6, 6.07) is 1.50. The van der Waals surface area contributed by atoms with E-state index in [1.54, 1.807) is 0 Å². The van der Waals surface area contributed by atoms with Crippen LogP contribution < -0.4 is 5.32 Å². The molecular formula is C14H30N2. The molecule has 0 saturated carbocycles. The van der Waals surface area contributed by atoms with Crippen molar-refractivity contribution >= 4 is 0 Å². The first-order chi connectivity index (χ1) is 7.67. The topological polar surface area (TPSA) is 15.3 Å². The van der Waals surface area contributed by atoms with Crippen molar-refractivity contribution in [1.82, 2.24) is 10.2 Å². The molecule has 2 nitrogen and oxygen atoms in total. The highest BCUT2D eigenvalue weighted by Gasteiger charge is 2.24. The highest BCUT2D eigenvalue weighted by Crippen LogP contribution is 2.14. The molecule has 1 fully saturated rings. The van der Waals surface area contributed by atoms with E-state index < -0.39 is 0 Å². The predicted octanol–water partition coefficient (Wildman–Crippen LogP) is 2.89. The minimum atomic E-state index is 0.724. The molecule has 0 aliphatic carbocycles. The van der Waals surface area contributed by atoms with E-state index in [2.05, 4.69) is 37.9 Å². The summed E-state index contributed by atoms with van der Waals surface area (Å²) < 4.78 is 0. The largest absolute Gasteiger partial charge is 0.311 e. The summed E-state index contributed by atoms with van der Waals surface area (Å²) in [5, 5.41) is 3.66. The quantitative estimate of drug-likeness (QED) is 0.749. The lowest BCUT2D eigenvalue weighted by molar-refractivity contribution is 0.121. The molecule has 0 radical (unpaired) electrons. The molecule has 1 aliphatic rings. The third-order valence-corrected chi connectivity index (χ3v) is 3.80. The molecule has 0 amide bonds. The smallest absolute Gasteiger partial charge is 0.0218 e. The first kappa shape index (κ1) is 14.0. The van der Waals surface area contributed by atoms with Crippen LogP contribution in [0.1, 0.15) is 53.4 Å². The van der Waals surface area contributed by atoms with Crippen molar-refractivity contribution < 1.29 is 0 Å². The van der Waals surface area contributed by atoms with Gasteiger partial charge in [0, 0.05) is 25.2 Å². The minimum absolute atomic E-state index is 0.724. The first-order valence-corrected chi connectivity index (χ1v) is 7.14. The summed E-state index contributed by atoms with van der Waals surface area (Å²) >= 11 is 0. The monoisotopic (exact) mass is 226 g/mol. The van der Waals surface area contributed by atoms with Crippen LogP contribution in [0.25, 0.3) is 0 Å². The molecule has 1 heterocycles. The van der Waals surface area contributed by atoms with Crippen LogP contribution in [0.5, 0.6) is 0 Å². The average molecular weight is 226 g/mol. The van der Waals surface area contributed by atoms with Gasteiger partial charge >= 0.3 is 0 Å². The standard InChI is InChI=1S/C14H30N2/c1-5-13-11-16(9-7-8-12(3)4)14(6-2)10-15-13/h12-15H,5-11H2,1-4H3. The lowest BCUT2D eigenvalue weighted by atomic mass is 10.0. The third-order valence-electron chi connectivity index (χ3n) is 3.80. The summed E-state index contributed by atoms with van der Waals surface area (Å²) in [6.07, 6.45) is 5.28. The van der Waals surface area contributed by atoms with Gasteiger partial charge in [0.15, 0.2) is 0 Å². The summed E-state index contributed by atoms with van der Waals surface area (Å²) in [6.45, 7) is 13.0. The molecule has 96 valence electrons. The Bertz CT molecular complexity index is 180. The van der Waals surface area contributed by atoms with Crippen LogP contribution in [0, 0.1) is 5.92 Å². The zero-order valence-corrected chi connectivity index (χ0v) is 11.6. The average Bonchev–Trinajstić information content (AvgIpc) is 2.28. The molecule has 1 aliphatic heterocycles. The predicted molar refractivity (Wildman–Crippen MR) is 71.8 cm³/mol. The van der Waals surface area contributed by atoms with Crippen molar-refractivity contribution in [2.75, 3.05) is 19.6 Å². The molecule has 2 atom stereocenters. The number of nitrogens with one attached hydrogen (secondary N) is 1. The summed E-state index contributed by atoms with van der Waals surface area (Å²) in [4.78, 5) is 2.72. The van der Waals surface area contributed by atoms with Crippen LogP contribution in [-0.2, 0) is 0 Å². The van der Waals surface area contributed by atoms with Crippen LogP contribution >= 0.6 is 0 Å². The van der Waals surface area contributed by atoms with E-state index in [0.717, 1.165) is 18.0 Å². The second-order valence-corrected chi connectivity index (χ2v) is 5.61. The third kappa shape index (κ3) is 4.42. The van der Waals surface area contributed by atoms with Gasteiger partial charge in [-0.25, -0.2) is 0 Å². The van der Waals surface area contributed by atoms with Gasteiger partial charge in [-0.15, -0.1) is 0 Å². The SMILES string of the molecule is CCC1CN(CCCC(C)C)C(CC)CN1.